The number of rotatable bonds is 7. The van der Waals surface area contributed by atoms with E-state index in [4.69, 9.17) is 16.1 Å². The lowest BCUT2D eigenvalue weighted by Gasteiger charge is -2.10. The maximum atomic E-state index is 12.7. The molecular weight excluding hydrogens is 414 g/mol. The number of aromatic nitrogens is 4. The van der Waals surface area contributed by atoms with Crippen molar-refractivity contribution in [3.63, 3.8) is 0 Å². The molecule has 0 radical (unpaired) electrons. The predicted octanol–water partition coefficient (Wildman–Crippen LogP) is 5.63. The van der Waals surface area contributed by atoms with E-state index in [9.17, 15) is 4.79 Å². The molecule has 0 saturated carbocycles. The smallest absolute Gasteiger partial charge is 0.260 e. The van der Waals surface area contributed by atoms with Crippen LogP contribution in [0.4, 0.5) is 5.69 Å². The van der Waals surface area contributed by atoms with Crippen LogP contribution in [0.3, 0.4) is 0 Å². The van der Waals surface area contributed by atoms with Crippen molar-refractivity contribution >= 4 is 29.3 Å². The molecule has 0 aliphatic carbocycles. The zero-order valence-corrected chi connectivity index (χ0v) is 19.5. The standard InChI is InChI=1S/C23H28ClN5O2/c1-13(2)12-29-21(24)17(16(6)27-29)10-11-19(30)25-20-15(5)8-7-9-18(20)23-26-22(14(3)4)28-31-23/h7-11,13-14H,12H2,1-6H3,(H,25,30)/b11-10+. The topological polar surface area (TPSA) is 85.8 Å². The van der Waals surface area contributed by atoms with E-state index in [0.717, 1.165) is 23.4 Å². The Bertz CT molecular complexity index is 1110. The number of anilines is 1. The van der Waals surface area contributed by atoms with Gasteiger partial charge in [0.15, 0.2) is 5.82 Å². The second-order valence-electron chi connectivity index (χ2n) is 8.30. The summed E-state index contributed by atoms with van der Waals surface area (Å²) in [4.78, 5) is 17.2. The lowest BCUT2D eigenvalue weighted by Crippen LogP contribution is -2.10. The van der Waals surface area contributed by atoms with Crippen molar-refractivity contribution in [2.45, 2.75) is 54.0 Å². The van der Waals surface area contributed by atoms with E-state index in [-0.39, 0.29) is 11.8 Å². The van der Waals surface area contributed by atoms with E-state index >= 15 is 0 Å². The van der Waals surface area contributed by atoms with Gasteiger partial charge in [0.05, 0.1) is 16.9 Å². The first-order chi connectivity index (χ1) is 14.7. The van der Waals surface area contributed by atoms with Gasteiger partial charge in [0, 0.05) is 24.1 Å². The van der Waals surface area contributed by atoms with Gasteiger partial charge in [-0.25, -0.2) is 0 Å². The van der Waals surface area contributed by atoms with Crippen LogP contribution in [0.15, 0.2) is 28.8 Å². The van der Waals surface area contributed by atoms with Crippen LogP contribution in [-0.4, -0.2) is 25.8 Å². The van der Waals surface area contributed by atoms with Crippen LogP contribution in [-0.2, 0) is 11.3 Å². The van der Waals surface area contributed by atoms with Crippen molar-refractivity contribution in [2.75, 3.05) is 5.32 Å². The Balaban J connectivity index is 1.84. The third-order valence-electron chi connectivity index (χ3n) is 4.76. The highest BCUT2D eigenvalue weighted by molar-refractivity contribution is 6.31. The average molecular weight is 442 g/mol. The number of carbonyl (C=O) groups excluding carboxylic acids is 1. The fraction of sp³-hybridized carbons (Fsp3) is 0.391. The molecule has 2 heterocycles. The molecule has 0 fully saturated rings. The Morgan fingerprint density at radius 1 is 1.26 bits per heavy atom. The molecule has 0 aliphatic rings. The molecule has 1 N–H and O–H groups in total. The van der Waals surface area contributed by atoms with Crippen LogP contribution < -0.4 is 5.32 Å². The lowest BCUT2D eigenvalue weighted by atomic mass is 10.1. The van der Waals surface area contributed by atoms with Gasteiger partial charge in [0.25, 0.3) is 5.89 Å². The molecule has 8 heteroatoms. The number of carbonyl (C=O) groups is 1. The minimum absolute atomic E-state index is 0.146. The molecular formula is C23H28ClN5O2. The zero-order valence-electron chi connectivity index (χ0n) is 18.7. The van der Waals surface area contributed by atoms with Gasteiger partial charge in [-0.05, 0) is 37.5 Å². The van der Waals surface area contributed by atoms with Crippen LogP contribution in [0.1, 0.15) is 56.3 Å². The third-order valence-corrected chi connectivity index (χ3v) is 5.16. The second-order valence-corrected chi connectivity index (χ2v) is 8.66. The van der Waals surface area contributed by atoms with E-state index in [0.29, 0.717) is 34.0 Å². The summed E-state index contributed by atoms with van der Waals surface area (Å²) in [6.07, 6.45) is 3.15. The fourth-order valence-corrected chi connectivity index (χ4v) is 3.44. The first-order valence-electron chi connectivity index (χ1n) is 10.3. The van der Waals surface area contributed by atoms with Gasteiger partial charge in [-0.15, -0.1) is 0 Å². The number of hydrogen-bond acceptors (Lipinski definition) is 5. The molecule has 164 valence electrons. The first-order valence-corrected chi connectivity index (χ1v) is 10.7. The maximum absolute atomic E-state index is 12.7. The monoisotopic (exact) mass is 441 g/mol. The van der Waals surface area contributed by atoms with Crippen molar-refractivity contribution in [2.24, 2.45) is 5.92 Å². The minimum atomic E-state index is -0.286. The Hall–Kier alpha value is -2.93. The van der Waals surface area contributed by atoms with Gasteiger partial charge >= 0.3 is 0 Å². The summed E-state index contributed by atoms with van der Waals surface area (Å²) in [5.74, 6) is 1.27. The first kappa shape index (κ1) is 22.7. The molecule has 0 spiro atoms. The summed E-state index contributed by atoms with van der Waals surface area (Å²) < 4.78 is 7.19. The van der Waals surface area contributed by atoms with Crippen molar-refractivity contribution < 1.29 is 9.32 Å². The van der Waals surface area contributed by atoms with Crippen LogP contribution in [0, 0.1) is 19.8 Å². The van der Waals surface area contributed by atoms with Crippen molar-refractivity contribution in [1.29, 1.82) is 0 Å². The van der Waals surface area contributed by atoms with Gasteiger partial charge < -0.3 is 9.84 Å². The molecule has 1 aromatic carbocycles. The molecule has 1 amide bonds. The van der Waals surface area contributed by atoms with E-state index in [2.05, 4.69) is 34.4 Å². The Kier molecular flexibility index (Phi) is 6.95. The number of amides is 1. The predicted molar refractivity (Wildman–Crippen MR) is 123 cm³/mol. The van der Waals surface area contributed by atoms with E-state index < -0.39 is 0 Å². The molecule has 3 rings (SSSR count). The number of hydrogen-bond donors (Lipinski definition) is 1. The molecule has 0 saturated heterocycles. The van der Waals surface area contributed by atoms with Gasteiger partial charge in [0.1, 0.15) is 5.15 Å². The summed E-state index contributed by atoms with van der Waals surface area (Å²) in [6.45, 7) is 12.7. The summed E-state index contributed by atoms with van der Waals surface area (Å²) >= 11 is 6.47. The molecule has 0 aliphatic heterocycles. The Morgan fingerprint density at radius 3 is 2.65 bits per heavy atom. The summed E-state index contributed by atoms with van der Waals surface area (Å²) in [7, 11) is 0. The molecule has 0 unspecified atom stereocenters. The molecule has 0 atom stereocenters. The van der Waals surface area contributed by atoms with Crippen molar-refractivity contribution in [1.82, 2.24) is 19.9 Å². The second kappa shape index (κ2) is 9.47. The SMILES string of the molecule is Cc1cccc(-c2nc(C(C)C)no2)c1NC(=O)/C=C/c1c(C)nn(CC(C)C)c1Cl. The zero-order chi connectivity index (χ0) is 22.7. The molecule has 2 aromatic heterocycles. The minimum Gasteiger partial charge on any atom is -0.334 e. The number of nitrogens with zero attached hydrogens (tertiary/aromatic N) is 4. The number of halogens is 1. The van der Waals surface area contributed by atoms with E-state index in [1.165, 1.54) is 6.08 Å². The summed E-state index contributed by atoms with van der Waals surface area (Å²) in [5.41, 5.74) is 3.72. The number of para-hydroxylation sites is 1. The van der Waals surface area contributed by atoms with E-state index in [1.807, 2.05) is 45.9 Å². The number of benzene rings is 1. The average Bonchev–Trinajstić information content (AvgIpc) is 3.27. The van der Waals surface area contributed by atoms with Gasteiger partial charge in [0.2, 0.25) is 5.91 Å². The normalized spacial score (nSPS) is 11.8. The van der Waals surface area contributed by atoms with Crippen molar-refractivity contribution in [3.8, 4) is 11.5 Å². The highest BCUT2D eigenvalue weighted by atomic mass is 35.5. The van der Waals surface area contributed by atoms with Crippen LogP contribution >= 0.6 is 11.6 Å². The largest absolute Gasteiger partial charge is 0.334 e. The molecule has 31 heavy (non-hydrogen) atoms. The summed E-state index contributed by atoms with van der Waals surface area (Å²) in [5, 5.41) is 12.0. The maximum Gasteiger partial charge on any atom is 0.260 e. The number of nitrogens with one attached hydrogen (secondary N) is 1. The lowest BCUT2D eigenvalue weighted by molar-refractivity contribution is -0.111. The van der Waals surface area contributed by atoms with Gasteiger partial charge in [-0.3, -0.25) is 9.48 Å². The van der Waals surface area contributed by atoms with Gasteiger partial charge in [-0.2, -0.15) is 10.1 Å². The van der Waals surface area contributed by atoms with Gasteiger partial charge in [-0.1, -0.05) is 56.6 Å². The Morgan fingerprint density at radius 2 is 2.00 bits per heavy atom. The Labute approximate surface area is 187 Å². The number of aryl methyl sites for hydroxylation is 2. The van der Waals surface area contributed by atoms with E-state index in [1.54, 1.807) is 10.8 Å². The quantitative estimate of drug-likeness (QED) is 0.480. The van der Waals surface area contributed by atoms with Crippen LogP contribution in [0.25, 0.3) is 17.5 Å². The molecule has 0 bridgehead atoms. The van der Waals surface area contributed by atoms with Crippen LogP contribution in [0.2, 0.25) is 5.15 Å². The molecule has 3 aromatic rings. The fourth-order valence-electron chi connectivity index (χ4n) is 3.14. The highest BCUT2D eigenvalue weighted by Gasteiger charge is 2.17. The van der Waals surface area contributed by atoms with Crippen LogP contribution in [0.5, 0.6) is 0 Å². The summed E-state index contributed by atoms with van der Waals surface area (Å²) in [6, 6.07) is 5.65. The third kappa shape index (κ3) is 5.22. The molecule has 7 nitrogen and oxygen atoms in total. The highest BCUT2D eigenvalue weighted by Crippen LogP contribution is 2.31. The van der Waals surface area contributed by atoms with Crippen molar-refractivity contribution in [3.05, 3.63) is 52.1 Å².